The molecular weight excluding hydrogens is 236 g/mol. The van der Waals surface area contributed by atoms with Crippen LogP contribution in [0.3, 0.4) is 0 Å². The van der Waals surface area contributed by atoms with Gasteiger partial charge in [-0.3, -0.25) is 4.90 Å². The van der Waals surface area contributed by atoms with Crippen molar-refractivity contribution in [3.63, 3.8) is 0 Å². The standard InChI is InChI=1S/C16H24N2O/c1-3-18-11-9-16(2,12-18)19-14-8-4-6-13-7-5-10-17-15(13)14/h4,6,8,17H,3,5,7,9-12H2,1-2H3. The van der Waals surface area contributed by atoms with E-state index in [2.05, 4.69) is 42.3 Å². The van der Waals surface area contributed by atoms with Crippen molar-refractivity contribution in [3.8, 4) is 5.75 Å². The third-order valence-electron chi connectivity index (χ3n) is 4.36. The Morgan fingerprint density at radius 2 is 2.32 bits per heavy atom. The Balaban J connectivity index is 1.80. The van der Waals surface area contributed by atoms with Gasteiger partial charge in [-0.2, -0.15) is 0 Å². The highest BCUT2D eigenvalue weighted by atomic mass is 16.5. The van der Waals surface area contributed by atoms with Gasteiger partial charge in [-0.15, -0.1) is 0 Å². The van der Waals surface area contributed by atoms with Crippen LogP contribution in [-0.4, -0.2) is 36.7 Å². The van der Waals surface area contributed by atoms with Gasteiger partial charge in [-0.05, 0) is 37.9 Å². The second-order valence-corrected chi connectivity index (χ2v) is 5.99. The van der Waals surface area contributed by atoms with Gasteiger partial charge in [0.25, 0.3) is 0 Å². The first-order valence-electron chi connectivity index (χ1n) is 7.47. The summed E-state index contributed by atoms with van der Waals surface area (Å²) in [6.07, 6.45) is 3.50. The fourth-order valence-corrected chi connectivity index (χ4v) is 3.21. The number of rotatable bonds is 3. The molecule has 1 N–H and O–H groups in total. The van der Waals surface area contributed by atoms with Crippen molar-refractivity contribution in [1.29, 1.82) is 0 Å². The Bertz CT molecular complexity index is 460. The number of anilines is 1. The molecule has 1 aromatic carbocycles. The van der Waals surface area contributed by atoms with Crippen LogP contribution in [0.4, 0.5) is 5.69 Å². The molecule has 0 spiro atoms. The van der Waals surface area contributed by atoms with E-state index in [4.69, 9.17) is 4.74 Å². The van der Waals surface area contributed by atoms with Crippen molar-refractivity contribution in [2.45, 2.75) is 38.7 Å². The molecule has 1 fully saturated rings. The Hall–Kier alpha value is -1.22. The van der Waals surface area contributed by atoms with Gasteiger partial charge < -0.3 is 10.1 Å². The zero-order chi connectivity index (χ0) is 13.3. The van der Waals surface area contributed by atoms with Crippen molar-refractivity contribution in [2.75, 3.05) is 31.5 Å². The monoisotopic (exact) mass is 260 g/mol. The molecule has 0 bridgehead atoms. The van der Waals surface area contributed by atoms with Gasteiger partial charge in [0.2, 0.25) is 0 Å². The zero-order valence-corrected chi connectivity index (χ0v) is 12.0. The first-order valence-corrected chi connectivity index (χ1v) is 7.47. The van der Waals surface area contributed by atoms with E-state index in [-0.39, 0.29) is 5.60 Å². The SMILES string of the molecule is CCN1CCC(C)(Oc2cccc3c2NCCC3)C1. The van der Waals surface area contributed by atoms with Gasteiger partial charge in [0.1, 0.15) is 11.4 Å². The highest BCUT2D eigenvalue weighted by molar-refractivity contribution is 5.63. The molecule has 0 aliphatic carbocycles. The van der Waals surface area contributed by atoms with E-state index in [1.54, 1.807) is 0 Å². The molecule has 1 saturated heterocycles. The summed E-state index contributed by atoms with van der Waals surface area (Å²) in [7, 11) is 0. The molecule has 1 aromatic rings. The molecular formula is C16H24N2O. The lowest BCUT2D eigenvalue weighted by molar-refractivity contribution is 0.0976. The van der Waals surface area contributed by atoms with Crippen LogP contribution in [0.1, 0.15) is 32.3 Å². The van der Waals surface area contributed by atoms with Crippen LogP contribution in [0, 0.1) is 0 Å². The molecule has 104 valence electrons. The van der Waals surface area contributed by atoms with E-state index in [1.165, 1.54) is 17.7 Å². The number of nitrogens with zero attached hydrogens (tertiary/aromatic N) is 1. The molecule has 0 amide bonds. The van der Waals surface area contributed by atoms with Gasteiger partial charge >= 0.3 is 0 Å². The molecule has 0 saturated carbocycles. The molecule has 1 unspecified atom stereocenters. The number of para-hydroxylation sites is 1. The second-order valence-electron chi connectivity index (χ2n) is 5.99. The van der Waals surface area contributed by atoms with E-state index >= 15 is 0 Å². The lowest BCUT2D eigenvalue weighted by atomic mass is 10.0. The summed E-state index contributed by atoms with van der Waals surface area (Å²) in [5, 5.41) is 3.51. The minimum Gasteiger partial charge on any atom is -0.484 e. The van der Waals surface area contributed by atoms with E-state index in [0.29, 0.717) is 0 Å². The Morgan fingerprint density at radius 3 is 3.11 bits per heavy atom. The maximum absolute atomic E-state index is 6.39. The van der Waals surface area contributed by atoms with Crippen LogP contribution in [0.2, 0.25) is 0 Å². The molecule has 0 radical (unpaired) electrons. The Kier molecular flexibility index (Phi) is 3.40. The van der Waals surface area contributed by atoms with Gasteiger partial charge in [-0.25, -0.2) is 0 Å². The third kappa shape index (κ3) is 2.57. The van der Waals surface area contributed by atoms with Gasteiger partial charge in [-0.1, -0.05) is 19.1 Å². The van der Waals surface area contributed by atoms with Crippen LogP contribution in [0.25, 0.3) is 0 Å². The number of hydrogen-bond acceptors (Lipinski definition) is 3. The average Bonchev–Trinajstić information content (AvgIpc) is 2.81. The smallest absolute Gasteiger partial charge is 0.143 e. The second kappa shape index (κ2) is 5.04. The maximum Gasteiger partial charge on any atom is 0.143 e. The van der Waals surface area contributed by atoms with Gasteiger partial charge in [0.05, 0.1) is 5.69 Å². The van der Waals surface area contributed by atoms with Crippen molar-refractivity contribution in [1.82, 2.24) is 4.90 Å². The minimum atomic E-state index is -0.0374. The van der Waals surface area contributed by atoms with Crippen molar-refractivity contribution in [3.05, 3.63) is 23.8 Å². The largest absolute Gasteiger partial charge is 0.484 e. The predicted octanol–water partition coefficient (Wildman–Crippen LogP) is 2.91. The number of hydrogen-bond donors (Lipinski definition) is 1. The van der Waals surface area contributed by atoms with E-state index in [0.717, 1.165) is 44.8 Å². The molecule has 2 heterocycles. The minimum absolute atomic E-state index is 0.0374. The maximum atomic E-state index is 6.39. The first kappa shape index (κ1) is 12.8. The summed E-state index contributed by atoms with van der Waals surface area (Å²) in [6.45, 7) is 8.82. The molecule has 3 heteroatoms. The van der Waals surface area contributed by atoms with Crippen molar-refractivity contribution >= 4 is 5.69 Å². The lowest BCUT2D eigenvalue weighted by Crippen LogP contribution is -2.36. The number of ether oxygens (including phenoxy) is 1. The third-order valence-corrected chi connectivity index (χ3v) is 4.36. The highest BCUT2D eigenvalue weighted by Crippen LogP contribution is 2.36. The molecule has 0 aromatic heterocycles. The number of fused-ring (bicyclic) bond motifs is 1. The van der Waals surface area contributed by atoms with Gasteiger partial charge in [0, 0.05) is 26.1 Å². The number of nitrogens with one attached hydrogen (secondary N) is 1. The normalized spacial score (nSPS) is 26.8. The molecule has 1 atom stereocenters. The number of likely N-dealkylation sites (tertiary alicyclic amines) is 1. The predicted molar refractivity (Wildman–Crippen MR) is 79.0 cm³/mol. The van der Waals surface area contributed by atoms with Crippen LogP contribution >= 0.6 is 0 Å². The quantitative estimate of drug-likeness (QED) is 0.904. The summed E-state index contributed by atoms with van der Waals surface area (Å²) in [5.41, 5.74) is 2.59. The van der Waals surface area contributed by atoms with Crippen LogP contribution in [0.5, 0.6) is 5.75 Å². The number of benzene rings is 1. The topological polar surface area (TPSA) is 24.5 Å². The van der Waals surface area contributed by atoms with Crippen molar-refractivity contribution in [2.24, 2.45) is 0 Å². The number of likely N-dealkylation sites (N-methyl/N-ethyl adjacent to an activating group) is 1. The fraction of sp³-hybridized carbons (Fsp3) is 0.625. The summed E-state index contributed by atoms with van der Waals surface area (Å²) in [4.78, 5) is 2.46. The molecule has 2 aliphatic rings. The zero-order valence-electron chi connectivity index (χ0n) is 12.0. The van der Waals surface area contributed by atoms with E-state index < -0.39 is 0 Å². The van der Waals surface area contributed by atoms with Crippen LogP contribution in [0.15, 0.2) is 18.2 Å². The van der Waals surface area contributed by atoms with E-state index in [1.807, 2.05) is 0 Å². The first-order chi connectivity index (χ1) is 9.20. The lowest BCUT2D eigenvalue weighted by Gasteiger charge is -2.29. The average molecular weight is 260 g/mol. The number of aryl methyl sites for hydroxylation is 1. The summed E-state index contributed by atoms with van der Waals surface area (Å²) in [6, 6.07) is 6.44. The molecule has 3 nitrogen and oxygen atoms in total. The molecule has 2 aliphatic heterocycles. The summed E-state index contributed by atoms with van der Waals surface area (Å²) in [5.74, 6) is 1.04. The summed E-state index contributed by atoms with van der Waals surface area (Å²) < 4.78 is 6.39. The van der Waals surface area contributed by atoms with Crippen LogP contribution < -0.4 is 10.1 Å². The van der Waals surface area contributed by atoms with Gasteiger partial charge in [0.15, 0.2) is 0 Å². The highest BCUT2D eigenvalue weighted by Gasteiger charge is 2.35. The molecule has 3 rings (SSSR count). The summed E-state index contributed by atoms with van der Waals surface area (Å²) >= 11 is 0. The van der Waals surface area contributed by atoms with E-state index in [9.17, 15) is 0 Å². The molecule has 19 heavy (non-hydrogen) atoms. The van der Waals surface area contributed by atoms with Crippen LogP contribution in [-0.2, 0) is 6.42 Å². The fourth-order valence-electron chi connectivity index (χ4n) is 3.21. The Morgan fingerprint density at radius 1 is 1.42 bits per heavy atom. The van der Waals surface area contributed by atoms with Crippen molar-refractivity contribution < 1.29 is 4.74 Å². The Labute approximate surface area is 115 Å².